The molecule has 1 aromatic carbocycles. The lowest BCUT2D eigenvalue weighted by molar-refractivity contribution is -0.137. The molecule has 0 bridgehead atoms. The van der Waals surface area contributed by atoms with Gasteiger partial charge in [-0.1, -0.05) is 12.1 Å². The molecule has 1 atom stereocenters. The van der Waals surface area contributed by atoms with E-state index in [2.05, 4.69) is 30.7 Å². The lowest BCUT2D eigenvalue weighted by Gasteiger charge is -2.40. The maximum absolute atomic E-state index is 12.8. The predicted octanol–water partition coefficient (Wildman–Crippen LogP) is 4.34. The minimum absolute atomic E-state index is 0.0861. The van der Waals surface area contributed by atoms with E-state index in [1.807, 2.05) is 49.2 Å². The van der Waals surface area contributed by atoms with E-state index in [9.17, 15) is 18.0 Å². The molecule has 0 radical (unpaired) electrons. The van der Waals surface area contributed by atoms with Gasteiger partial charge in [0.15, 0.2) is 0 Å². The number of aromatic amines is 1. The molecule has 0 saturated carbocycles. The molecular formula is C24H28F3N7O. The number of urea groups is 1. The van der Waals surface area contributed by atoms with Crippen molar-refractivity contribution in [2.45, 2.75) is 32.6 Å². The van der Waals surface area contributed by atoms with Crippen LogP contribution in [0, 0.1) is 0 Å². The number of nitrogens with zero attached hydrogens (tertiary/aromatic N) is 4. The summed E-state index contributed by atoms with van der Waals surface area (Å²) >= 11 is 0. The van der Waals surface area contributed by atoms with Gasteiger partial charge < -0.3 is 15.5 Å². The average molecular weight is 488 g/mol. The molecule has 2 aromatic heterocycles. The molecule has 35 heavy (non-hydrogen) atoms. The average Bonchev–Trinajstić information content (AvgIpc) is 3.27. The van der Waals surface area contributed by atoms with Crippen LogP contribution in [0.2, 0.25) is 0 Å². The smallest absolute Gasteiger partial charge is 0.351 e. The van der Waals surface area contributed by atoms with E-state index in [1.54, 1.807) is 0 Å². The Kier molecular flexibility index (Phi) is 7.25. The standard InChI is InChI=1S/C24H28F3N7O/c1-3-28-23(35)31-20-7-4-17(5-8-20)22-18(12-30-32-22)15-33-10-11-34(16(2)14-33)21-9-6-19(13-29-21)24(25,26)27/h4-9,12-13,16H,3,10-11,14-15H2,1-2H3,(H,30,32)(H2,28,31,35). The van der Waals surface area contributed by atoms with Gasteiger partial charge in [0, 0.05) is 61.8 Å². The highest BCUT2D eigenvalue weighted by Gasteiger charge is 2.32. The molecule has 1 unspecified atom stereocenters. The van der Waals surface area contributed by atoms with Crippen molar-refractivity contribution < 1.29 is 18.0 Å². The van der Waals surface area contributed by atoms with E-state index in [0.29, 0.717) is 31.1 Å². The number of nitrogens with one attached hydrogen (secondary N) is 3. The Morgan fingerprint density at radius 2 is 1.91 bits per heavy atom. The van der Waals surface area contributed by atoms with E-state index >= 15 is 0 Å². The number of anilines is 2. The van der Waals surface area contributed by atoms with Crippen molar-refractivity contribution in [3.63, 3.8) is 0 Å². The highest BCUT2D eigenvalue weighted by Crippen LogP contribution is 2.30. The molecule has 3 aromatic rings. The van der Waals surface area contributed by atoms with Gasteiger partial charge in [-0.3, -0.25) is 10.00 Å². The maximum atomic E-state index is 12.8. The number of alkyl halides is 3. The number of piperazine rings is 1. The third-order valence-corrected chi connectivity index (χ3v) is 5.96. The van der Waals surface area contributed by atoms with Crippen molar-refractivity contribution in [2.75, 3.05) is 36.4 Å². The van der Waals surface area contributed by atoms with Crippen LogP contribution >= 0.6 is 0 Å². The monoisotopic (exact) mass is 487 g/mol. The van der Waals surface area contributed by atoms with E-state index in [-0.39, 0.29) is 12.1 Å². The summed E-state index contributed by atoms with van der Waals surface area (Å²) < 4.78 is 38.5. The first-order valence-corrected chi connectivity index (χ1v) is 11.4. The van der Waals surface area contributed by atoms with Crippen LogP contribution in [0.1, 0.15) is 25.0 Å². The fourth-order valence-electron chi connectivity index (χ4n) is 4.22. The minimum Gasteiger partial charge on any atom is -0.351 e. The Balaban J connectivity index is 1.38. The summed E-state index contributed by atoms with van der Waals surface area (Å²) in [6.45, 7) is 7.28. The van der Waals surface area contributed by atoms with Crippen LogP contribution < -0.4 is 15.5 Å². The number of carbonyl (C=O) groups is 1. The van der Waals surface area contributed by atoms with Crippen LogP contribution in [0.25, 0.3) is 11.3 Å². The van der Waals surface area contributed by atoms with E-state index in [4.69, 9.17) is 0 Å². The molecule has 3 heterocycles. The second-order valence-electron chi connectivity index (χ2n) is 8.51. The molecule has 1 aliphatic heterocycles. The molecule has 186 valence electrons. The lowest BCUT2D eigenvalue weighted by Crippen LogP contribution is -2.51. The molecule has 0 spiro atoms. The summed E-state index contributed by atoms with van der Waals surface area (Å²) in [6.07, 6.45) is -1.69. The number of pyridine rings is 1. The van der Waals surface area contributed by atoms with Crippen molar-refractivity contribution >= 4 is 17.5 Å². The minimum atomic E-state index is -4.39. The zero-order valence-electron chi connectivity index (χ0n) is 19.6. The fraction of sp³-hybridized carbons (Fsp3) is 0.375. The van der Waals surface area contributed by atoms with E-state index < -0.39 is 11.7 Å². The molecular weight excluding hydrogens is 459 g/mol. The normalized spacial score (nSPS) is 16.8. The largest absolute Gasteiger partial charge is 0.417 e. The van der Waals surface area contributed by atoms with Crippen LogP contribution in [0.3, 0.4) is 0 Å². The van der Waals surface area contributed by atoms with Gasteiger partial charge in [-0.25, -0.2) is 9.78 Å². The van der Waals surface area contributed by atoms with Crippen molar-refractivity contribution in [1.29, 1.82) is 0 Å². The molecule has 1 aliphatic rings. The molecule has 4 rings (SSSR count). The zero-order valence-corrected chi connectivity index (χ0v) is 19.6. The second kappa shape index (κ2) is 10.3. The molecule has 2 amide bonds. The fourth-order valence-corrected chi connectivity index (χ4v) is 4.22. The van der Waals surface area contributed by atoms with Gasteiger partial charge in [0.25, 0.3) is 0 Å². The van der Waals surface area contributed by atoms with Gasteiger partial charge >= 0.3 is 12.2 Å². The van der Waals surface area contributed by atoms with Gasteiger partial charge in [0.2, 0.25) is 0 Å². The van der Waals surface area contributed by atoms with Crippen LogP contribution in [-0.2, 0) is 12.7 Å². The summed E-state index contributed by atoms with van der Waals surface area (Å²) in [5.74, 6) is 0.551. The van der Waals surface area contributed by atoms with Gasteiger partial charge in [0.05, 0.1) is 17.5 Å². The van der Waals surface area contributed by atoms with Crippen molar-refractivity contribution in [3.8, 4) is 11.3 Å². The molecule has 8 nitrogen and oxygen atoms in total. The molecule has 0 aliphatic carbocycles. The van der Waals surface area contributed by atoms with Crippen LogP contribution in [0.4, 0.5) is 29.5 Å². The Labute approximate surface area is 201 Å². The first-order valence-electron chi connectivity index (χ1n) is 11.4. The number of rotatable bonds is 6. The maximum Gasteiger partial charge on any atom is 0.417 e. The van der Waals surface area contributed by atoms with Gasteiger partial charge in [-0.2, -0.15) is 18.3 Å². The Hall–Kier alpha value is -3.60. The number of hydrogen-bond acceptors (Lipinski definition) is 5. The van der Waals surface area contributed by atoms with Crippen LogP contribution in [-0.4, -0.2) is 58.3 Å². The van der Waals surface area contributed by atoms with Gasteiger partial charge in [-0.15, -0.1) is 0 Å². The molecule has 1 fully saturated rings. The summed E-state index contributed by atoms with van der Waals surface area (Å²) in [5, 5.41) is 12.8. The second-order valence-corrected chi connectivity index (χ2v) is 8.51. The highest BCUT2D eigenvalue weighted by molar-refractivity contribution is 5.89. The van der Waals surface area contributed by atoms with Gasteiger partial charge in [-0.05, 0) is 38.1 Å². The summed E-state index contributed by atoms with van der Waals surface area (Å²) in [5.41, 5.74) is 2.87. The zero-order chi connectivity index (χ0) is 25.0. The van der Waals surface area contributed by atoms with Crippen molar-refractivity contribution in [1.82, 2.24) is 25.4 Å². The predicted molar refractivity (Wildman–Crippen MR) is 128 cm³/mol. The number of amides is 2. The first-order chi connectivity index (χ1) is 16.7. The lowest BCUT2D eigenvalue weighted by atomic mass is 10.1. The summed E-state index contributed by atoms with van der Waals surface area (Å²) in [7, 11) is 0. The van der Waals surface area contributed by atoms with E-state index in [1.165, 1.54) is 6.07 Å². The Bertz CT molecular complexity index is 1130. The highest BCUT2D eigenvalue weighted by atomic mass is 19.4. The Morgan fingerprint density at radius 1 is 1.14 bits per heavy atom. The molecule has 11 heteroatoms. The van der Waals surface area contributed by atoms with Gasteiger partial charge in [0.1, 0.15) is 5.82 Å². The number of benzene rings is 1. The first kappa shape index (κ1) is 24.5. The van der Waals surface area contributed by atoms with Crippen LogP contribution in [0.15, 0.2) is 48.8 Å². The third kappa shape index (κ3) is 5.91. The number of H-pyrrole nitrogens is 1. The molecule has 1 saturated heterocycles. The third-order valence-electron chi connectivity index (χ3n) is 5.96. The molecule has 3 N–H and O–H groups in total. The quantitative estimate of drug-likeness (QED) is 0.481. The SMILES string of the molecule is CCNC(=O)Nc1ccc(-c2[nH]ncc2CN2CCN(c3ccc(C(F)(F)F)cn3)C(C)C2)cc1. The number of aromatic nitrogens is 3. The number of halogens is 3. The van der Waals surface area contributed by atoms with Crippen molar-refractivity contribution in [2.24, 2.45) is 0 Å². The number of hydrogen-bond donors (Lipinski definition) is 3. The van der Waals surface area contributed by atoms with Crippen LogP contribution in [0.5, 0.6) is 0 Å². The Morgan fingerprint density at radius 3 is 2.54 bits per heavy atom. The van der Waals surface area contributed by atoms with E-state index in [0.717, 1.165) is 42.2 Å². The number of carbonyl (C=O) groups excluding carboxylic acids is 1. The summed E-state index contributed by atoms with van der Waals surface area (Å²) in [4.78, 5) is 20.1. The van der Waals surface area contributed by atoms with Crippen molar-refractivity contribution in [3.05, 3.63) is 59.9 Å². The summed E-state index contributed by atoms with van der Waals surface area (Å²) in [6, 6.07) is 9.89. The topological polar surface area (TPSA) is 89.2 Å².